The zero-order valence-electron chi connectivity index (χ0n) is 9.01. The van der Waals surface area contributed by atoms with Crippen LogP contribution < -0.4 is 10.6 Å². The van der Waals surface area contributed by atoms with Crippen LogP contribution in [-0.2, 0) is 0 Å². The first-order chi connectivity index (χ1) is 7.17. The zero-order chi connectivity index (χ0) is 11.3. The van der Waals surface area contributed by atoms with Crippen LogP contribution in [0.3, 0.4) is 0 Å². The van der Waals surface area contributed by atoms with Gasteiger partial charge in [0.2, 0.25) is 0 Å². The lowest BCUT2D eigenvalue weighted by molar-refractivity contribution is 0.679. The van der Waals surface area contributed by atoms with Gasteiger partial charge in [0.25, 0.3) is 0 Å². The van der Waals surface area contributed by atoms with Crippen LogP contribution in [0.1, 0.15) is 13.8 Å². The molecule has 0 aromatic carbocycles. The molecule has 0 aliphatic rings. The van der Waals surface area contributed by atoms with Crippen molar-refractivity contribution in [3.8, 4) is 6.07 Å². The number of hydrogen-bond donors (Lipinski definition) is 1. The molecule has 2 N–H and O–H groups in total. The van der Waals surface area contributed by atoms with Gasteiger partial charge in [0.05, 0.1) is 12.0 Å². The van der Waals surface area contributed by atoms with Crippen LogP contribution in [0.15, 0.2) is 12.4 Å². The Morgan fingerprint density at radius 2 is 2.33 bits per heavy atom. The van der Waals surface area contributed by atoms with E-state index in [-0.39, 0.29) is 5.92 Å². The van der Waals surface area contributed by atoms with Gasteiger partial charge in [0.1, 0.15) is 18.0 Å². The smallest absolute Gasteiger partial charge is 0.134 e. The molecule has 0 aliphatic carbocycles. The number of nitrogens with two attached hydrogens (primary N) is 1. The van der Waals surface area contributed by atoms with Gasteiger partial charge in [0, 0.05) is 19.2 Å². The number of rotatable bonds is 4. The minimum absolute atomic E-state index is 0.0267. The first-order valence-corrected chi connectivity index (χ1v) is 4.89. The highest BCUT2D eigenvalue weighted by atomic mass is 15.2. The Morgan fingerprint density at radius 3 is 2.87 bits per heavy atom. The molecule has 0 bridgehead atoms. The van der Waals surface area contributed by atoms with Crippen molar-refractivity contribution < 1.29 is 0 Å². The van der Waals surface area contributed by atoms with E-state index in [2.05, 4.69) is 16.0 Å². The van der Waals surface area contributed by atoms with Gasteiger partial charge in [-0.3, -0.25) is 0 Å². The highest BCUT2D eigenvalue weighted by Gasteiger charge is 2.10. The molecule has 1 aromatic rings. The summed E-state index contributed by atoms with van der Waals surface area (Å²) in [6.07, 6.45) is 1.43. The molecule has 5 heteroatoms. The molecule has 80 valence electrons. The third kappa shape index (κ3) is 3.09. The maximum Gasteiger partial charge on any atom is 0.134 e. The summed E-state index contributed by atoms with van der Waals surface area (Å²) >= 11 is 0. The van der Waals surface area contributed by atoms with Gasteiger partial charge in [-0.05, 0) is 13.8 Å². The van der Waals surface area contributed by atoms with Gasteiger partial charge >= 0.3 is 0 Å². The molecule has 0 aliphatic heterocycles. The summed E-state index contributed by atoms with van der Waals surface area (Å²) < 4.78 is 0. The normalized spacial score (nSPS) is 11.8. The second-order valence-corrected chi connectivity index (χ2v) is 3.37. The van der Waals surface area contributed by atoms with E-state index in [0.29, 0.717) is 12.4 Å². The molecule has 15 heavy (non-hydrogen) atoms. The number of nitrogens with zero attached hydrogens (tertiary/aromatic N) is 4. The van der Waals surface area contributed by atoms with Crippen LogP contribution in [0.5, 0.6) is 0 Å². The van der Waals surface area contributed by atoms with Crippen molar-refractivity contribution >= 4 is 11.6 Å². The summed E-state index contributed by atoms with van der Waals surface area (Å²) in [5.41, 5.74) is 5.57. The first kappa shape index (κ1) is 11.2. The van der Waals surface area contributed by atoms with Crippen LogP contribution in [0.2, 0.25) is 0 Å². The van der Waals surface area contributed by atoms with Crippen LogP contribution >= 0.6 is 0 Å². The predicted octanol–water partition coefficient (Wildman–Crippen LogP) is 1.04. The van der Waals surface area contributed by atoms with Crippen molar-refractivity contribution in [2.75, 3.05) is 23.7 Å². The highest BCUT2D eigenvalue weighted by Crippen LogP contribution is 2.13. The van der Waals surface area contributed by atoms with Gasteiger partial charge in [-0.2, -0.15) is 5.26 Å². The minimum Gasteiger partial charge on any atom is -0.384 e. The van der Waals surface area contributed by atoms with Crippen molar-refractivity contribution in [3.05, 3.63) is 12.4 Å². The van der Waals surface area contributed by atoms with E-state index in [1.165, 1.54) is 6.33 Å². The molecule has 5 nitrogen and oxygen atoms in total. The first-order valence-electron chi connectivity index (χ1n) is 4.89. The van der Waals surface area contributed by atoms with E-state index in [9.17, 15) is 0 Å². The molecule has 0 spiro atoms. The van der Waals surface area contributed by atoms with Crippen LogP contribution in [0.25, 0.3) is 0 Å². The Balaban J connectivity index is 2.79. The Hall–Kier alpha value is -1.83. The van der Waals surface area contributed by atoms with E-state index in [0.717, 1.165) is 12.4 Å². The zero-order valence-corrected chi connectivity index (χ0v) is 9.01. The molecule has 0 radical (unpaired) electrons. The molecule has 0 saturated carbocycles. The largest absolute Gasteiger partial charge is 0.384 e. The lowest BCUT2D eigenvalue weighted by Gasteiger charge is -2.22. The Bertz CT molecular complexity index is 357. The fourth-order valence-corrected chi connectivity index (χ4v) is 1.29. The molecule has 1 heterocycles. The van der Waals surface area contributed by atoms with Crippen molar-refractivity contribution in [2.45, 2.75) is 13.8 Å². The van der Waals surface area contributed by atoms with Crippen molar-refractivity contribution in [1.29, 1.82) is 5.26 Å². The minimum atomic E-state index is -0.0267. The molecule has 1 atom stereocenters. The van der Waals surface area contributed by atoms with Gasteiger partial charge in [0.15, 0.2) is 0 Å². The van der Waals surface area contributed by atoms with Gasteiger partial charge in [-0.1, -0.05) is 0 Å². The molecule has 0 saturated heterocycles. The fraction of sp³-hybridized carbons (Fsp3) is 0.500. The number of aromatic nitrogens is 2. The van der Waals surface area contributed by atoms with Gasteiger partial charge < -0.3 is 10.6 Å². The predicted molar refractivity (Wildman–Crippen MR) is 59.1 cm³/mol. The van der Waals surface area contributed by atoms with Gasteiger partial charge in [-0.15, -0.1) is 0 Å². The van der Waals surface area contributed by atoms with Crippen LogP contribution in [0, 0.1) is 17.2 Å². The van der Waals surface area contributed by atoms with Crippen LogP contribution in [0.4, 0.5) is 11.6 Å². The monoisotopic (exact) mass is 205 g/mol. The number of nitrogen functional groups attached to an aromatic ring is 1. The van der Waals surface area contributed by atoms with E-state index >= 15 is 0 Å². The van der Waals surface area contributed by atoms with E-state index < -0.39 is 0 Å². The lowest BCUT2D eigenvalue weighted by Crippen LogP contribution is -2.28. The second kappa shape index (κ2) is 5.15. The quantitative estimate of drug-likeness (QED) is 0.794. The Labute approximate surface area is 89.6 Å². The average Bonchev–Trinajstić information content (AvgIpc) is 2.25. The average molecular weight is 205 g/mol. The molecule has 1 rings (SSSR count). The van der Waals surface area contributed by atoms with Crippen LogP contribution in [-0.4, -0.2) is 23.1 Å². The summed E-state index contributed by atoms with van der Waals surface area (Å²) in [6, 6.07) is 3.91. The number of hydrogen-bond acceptors (Lipinski definition) is 5. The summed E-state index contributed by atoms with van der Waals surface area (Å²) in [5, 5.41) is 8.75. The summed E-state index contributed by atoms with van der Waals surface area (Å²) in [4.78, 5) is 9.96. The van der Waals surface area contributed by atoms with Gasteiger partial charge in [-0.25, -0.2) is 9.97 Å². The van der Waals surface area contributed by atoms with Crippen molar-refractivity contribution in [3.63, 3.8) is 0 Å². The number of anilines is 2. The SMILES string of the molecule is CCN(CC(C)C#N)c1cc(N)ncn1. The molecular formula is C10H15N5. The third-order valence-electron chi connectivity index (χ3n) is 2.09. The molecule has 1 aromatic heterocycles. The molecule has 0 amide bonds. The summed E-state index contributed by atoms with van der Waals surface area (Å²) in [5.74, 6) is 1.19. The molecule has 1 unspecified atom stereocenters. The van der Waals surface area contributed by atoms with E-state index in [4.69, 9.17) is 11.0 Å². The fourth-order valence-electron chi connectivity index (χ4n) is 1.29. The molecule has 0 fully saturated rings. The van der Waals surface area contributed by atoms with Crippen molar-refractivity contribution in [2.24, 2.45) is 5.92 Å². The van der Waals surface area contributed by atoms with Crippen molar-refractivity contribution in [1.82, 2.24) is 9.97 Å². The lowest BCUT2D eigenvalue weighted by atomic mass is 10.2. The molecular weight excluding hydrogens is 190 g/mol. The summed E-state index contributed by atoms with van der Waals surface area (Å²) in [7, 11) is 0. The third-order valence-corrected chi connectivity index (χ3v) is 2.09. The summed E-state index contributed by atoms with van der Waals surface area (Å²) in [6.45, 7) is 5.35. The number of nitriles is 1. The second-order valence-electron chi connectivity index (χ2n) is 3.37. The topological polar surface area (TPSA) is 78.8 Å². The maximum absolute atomic E-state index is 8.75. The highest BCUT2D eigenvalue weighted by molar-refractivity contribution is 5.45. The van der Waals surface area contributed by atoms with E-state index in [1.54, 1.807) is 6.07 Å². The Morgan fingerprint density at radius 1 is 1.60 bits per heavy atom. The standard InChI is InChI=1S/C10H15N5/c1-3-15(6-8(2)5-11)10-4-9(12)13-7-14-10/h4,7-8H,3,6H2,1-2H3,(H2,12,13,14). The Kier molecular flexibility index (Phi) is 3.86. The maximum atomic E-state index is 8.75. The van der Waals surface area contributed by atoms with E-state index in [1.807, 2.05) is 18.7 Å².